The molecule has 4 heteroatoms. The molecular formula is C8H11NO2S. The Morgan fingerprint density at radius 3 is 3.33 bits per heavy atom. The highest BCUT2D eigenvalue weighted by atomic mass is 32.2. The van der Waals surface area contributed by atoms with Crippen molar-refractivity contribution in [2.24, 2.45) is 0 Å². The Balaban J connectivity index is 2.03. The van der Waals surface area contributed by atoms with E-state index in [-0.39, 0.29) is 5.91 Å². The lowest BCUT2D eigenvalue weighted by Gasteiger charge is -2.41. The number of hydrogen-bond acceptors (Lipinski definition) is 3. The topological polar surface area (TPSA) is 29.5 Å². The molecule has 0 radical (unpaired) electrons. The second-order valence-electron chi connectivity index (χ2n) is 2.99. The van der Waals surface area contributed by atoms with Crippen molar-refractivity contribution in [3.8, 4) is 0 Å². The lowest BCUT2D eigenvalue weighted by atomic mass is 10.2. The van der Waals surface area contributed by atoms with Crippen LogP contribution < -0.4 is 0 Å². The first-order chi connectivity index (χ1) is 5.81. The van der Waals surface area contributed by atoms with Crippen LogP contribution in [0.1, 0.15) is 6.42 Å². The fourth-order valence-electron chi connectivity index (χ4n) is 1.40. The number of rotatable bonds is 2. The fraction of sp³-hybridized carbons (Fsp3) is 0.625. The van der Waals surface area contributed by atoms with Crippen LogP contribution in [0.3, 0.4) is 0 Å². The number of fused-ring (bicyclic) bond motifs is 1. The van der Waals surface area contributed by atoms with Crippen LogP contribution in [0, 0.1) is 0 Å². The summed E-state index contributed by atoms with van der Waals surface area (Å²) in [4.78, 5) is 12.8. The van der Waals surface area contributed by atoms with Crippen LogP contribution in [0.4, 0.5) is 0 Å². The Morgan fingerprint density at radius 2 is 2.67 bits per heavy atom. The second-order valence-corrected chi connectivity index (χ2v) is 4.16. The van der Waals surface area contributed by atoms with E-state index in [0.29, 0.717) is 18.4 Å². The quantitative estimate of drug-likeness (QED) is 0.597. The van der Waals surface area contributed by atoms with E-state index in [9.17, 15) is 4.79 Å². The maximum absolute atomic E-state index is 11.0. The minimum atomic E-state index is 0.237. The number of β-lactam (4-membered cyclic amide) rings is 1. The van der Waals surface area contributed by atoms with Gasteiger partial charge in [-0.3, -0.25) is 4.79 Å². The number of nitrogens with zero attached hydrogens (tertiary/aromatic N) is 1. The molecule has 2 aliphatic heterocycles. The van der Waals surface area contributed by atoms with E-state index in [1.165, 1.54) is 5.57 Å². The summed E-state index contributed by atoms with van der Waals surface area (Å²) in [5, 5.41) is 0.415. The molecule has 1 fully saturated rings. The molecule has 0 aliphatic carbocycles. The number of amides is 1. The van der Waals surface area contributed by atoms with E-state index < -0.39 is 0 Å². The van der Waals surface area contributed by atoms with Gasteiger partial charge in [0.2, 0.25) is 5.91 Å². The maximum atomic E-state index is 11.0. The van der Waals surface area contributed by atoms with Gasteiger partial charge in [-0.1, -0.05) is 0 Å². The predicted octanol–water partition coefficient (Wildman–Crippen LogP) is 0.822. The van der Waals surface area contributed by atoms with E-state index in [2.05, 4.69) is 0 Å². The van der Waals surface area contributed by atoms with Crippen molar-refractivity contribution >= 4 is 17.7 Å². The van der Waals surface area contributed by atoms with Crippen molar-refractivity contribution in [2.45, 2.75) is 11.8 Å². The zero-order valence-corrected chi connectivity index (χ0v) is 7.76. The molecule has 0 bridgehead atoms. The molecule has 2 heterocycles. The smallest absolute Gasteiger partial charge is 0.230 e. The molecule has 0 aromatic rings. The molecular weight excluding hydrogens is 174 g/mol. The molecule has 0 aromatic heterocycles. The van der Waals surface area contributed by atoms with Crippen LogP contribution >= 0.6 is 11.8 Å². The molecule has 1 saturated heterocycles. The van der Waals surface area contributed by atoms with E-state index in [1.54, 1.807) is 7.11 Å². The van der Waals surface area contributed by atoms with Crippen LogP contribution in [0.15, 0.2) is 11.8 Å². The summed E-state index contributed by atoms with van der Waals surface area (Å²) in [6, 6.07) is 0. The summed E-state index contributed by atoms with van der Waals surface area (Å²) in [5.41, 5.74) is 1.20. The third kappa shape index (κ3) is 1.25. The van der Waals surface area contributed by atoms with Gasteiger partial charge in [0, 0.05) is 19.1 Å². The third-order valence-electron chi connectivity index (χ3n) is 2.06. The first-order valence-electron chi connectivity index (χ1n) is 3.92. The van der Waals surface area contributed by atoms with E-state index in [0.717, 1.165) is 5.75 Å². The van der Waals surface area contributed by atoms with Gasteiger partial charge in [0.25, 0.3) is 0 Å². The normalized spacial score (nSPS) is 27.8. The Labute approximate surface area is 75.8 Å². The predicted molar refractivity (Wildman–Crippen MR) is 47.7 cm³/mol. The lowest BCUT2D eigenvalue weighted by molar-refractivity contribution is -0.137. The van der Waals surface area contributed by atoms with Gasteiger partial charge < -0.3 is 9.64 Å². The van der Waals surface area contributed by atoms with Crippen molar-refractivity contribution in [3.05, 3.63) is 11.8 Å². The Morgan fingerprint density at radius 1 is 1.83 bits per heavy atom. The average molecular weight is 185 g/mol. The number of methoxy groups -OCH3 is 1. The molecule has 0 saturated carbocycles. The van der Waals surface area contributed by atoms with Gasteiger partial charge in [-0.15, -0.1) is 11.8 Å². The van der Waals surface area contributed by atoms with E-state index >= 15 is 0 Å². The Bertz CT molecular complexity index is 239. The molecule has 2 aliphatic rings. The van der Waals surface area contributed by atoms with Crippen molar-refractivity contribution in [1.82, 2.24) is 4.90 Å². The molecule has 2 rings (SSSR count). The van der Waals surface area contributed by atoms with Gasteiger partial charge in [0.05, 0.1) is 18.4 Å². The molecule has 3 nitrogen and oxygen atoms in total. The van der Waals surface area contributed by atoms with Crippen LogP contribution in [-0.4, -0.2) is 35.7 Å². The summed E-state index contributed by atoms with van der Waals surface area (Å²) in [6.07, 6.45) is 2.65. The highest BCUT2D eigenvalue weighted by Gasteiger charge is 2.37. The molecule has 0 aromatic carbocycles. The first kappa shape index (κ1) is 8.13. The van der Waals surface area contributed by atoms with Gasteiger partial charge in [-0.2, -0.15) is 0 Å². The lowest BCUT2D eigenvalue weighted by Crippen LogP contribution is -2.49. The zero-order valence-electron chi connectivity index (χ0n) is 6.95. The monoisotopic (exact) mass is 185 g/mol. The Hall–Kier alpha value is -0.480. The number of carbonyl (C=O) groups is 1. The SMILES string of the molecule is COCC1=CN2C(=O)C[C@H]2SC1. The van der Waals surface area contributed by atoms with Gasteiger partial charge in [-0.25, -0.2) is 0 Å². The highest BCUT2D eigenvalue weighted by Crippen LogP contribution is 2.35. The molecule has 66 valence electrons. The average Bonchev–Trinajstić information content (AvgIpc) is 2.07. The van der Waals surface area contributed by atoms with E-state index in [4.69, 9.17) is 4.74 Å². The van der Waals surface area contributed by atoms with Crippen molar-refractivity contribution in [2.75, 3.05) is 19.5 Å². The minimum absolute atomic E-state index is 0.237. The summed E-state index contributed by atoms with van der Waals surface area (Å²) in [6.45, 7) is 0.642. The van der Waals surface area contributed by atoms with Crippen LogP contribution in [-0.2, 0) is 9.53 Å². The van der Waals surface area contributed by atoms with Gasteiger partial charge in [0.15, 0.2) is 0 Å². The minimum Gasteiger partial charge on any atom is -0.380 e. The maximum Gasteiger partial charge on any atom is 0.230 e. The molecule has 0 spiro atoms. The second kappa shape index (κ2) is 3.11. The number of carbonyl (C=O) groups excluding carboxylic acids is 1. The zero-order chi connectivity index (χ0) is 8.55. The molecule has 0 unspecified atom stereocenters. The van der Waals surface area contributed by atoms with Gasteiger partial charge in [-0.05, 0) is 5.57 Å². The summed E-state index contributed by atoms with van der Waals surface area (Å²) in [5.74, 6) is 1.24. The van der Waals surface area contributed by atoms with Crippen molar-refractivity contribution in [3.63, 3.8) is 0 Å². The molecule has 1 atom stereocenters. The van der Waals surface area contributed by atoms with Gasteiger partial charge in [0.1, 0.15) is 0 Å². The summed E-state index contributed by atoms with van der Waals surface area (Å²) < 4.78 is 5.00. The molecule has 12 heavy (non-hydrogen) atoms. The van der Waals surface area contributed by atoms with Crippen molar-refractivity contribution in [1.29, 1.82) is 0 Å². The summed E-state index contributed by atoms with van der Waals surface area (Å²) >= 11 is 1.82. The fourth-order valence-corrected chi connectivity index (χ4v) is 2.56. The Kier molecular flexibility index (Phi) is 2.11. The third-order valence-corrected chi connectivity index (χ3v) is 3.38. The summed E-state index contributed by atoms with van der Waals surface area (Å²) in [7, 11) is 1.68. The first-order valence-corrected chi connectivity index (χ1v) is 4.97. The van der Waals surface area contributed by atoms with Gasteiger partial charge >= 0.3 is 0 Å². The number of ether oxygens (including phenoxy) is 1. The largest absolute Gasteiger partial charge is 0.380 e. The standard InChI is InChI=1S/C8H11NO2S/c1-11-4-6-3-9-7(10)2-8(9)12-5-6/h3,8H,2,4-5H2,1H3/t8-/m1/s1. The van der Waals surface area contributed by atoms with Crippen LogP contribution in [0.2, 0.25) is 0 Å². The van der Waals surface area contributed by atoms with E-state index in [1.807, 2.05) is 22.9 Å². The molecule has 0 N–H and O–H groups in total. The number of thioether (sulfide) groups is 1. The van der Waals surface area contributed by atoms with Crippen LogP contribution in [0.25, 0.3) is 0 Å². The number of hydrogen-bond donors (Lipinski definition) is 0. The molecule has 1 amide bonds. The highest BCUT2D eigenvalue weighted by molar-refractivity contribution is 8.00. The van der Waals surface area contributed by atoms with Crippen LogP contribution in [0.5, 0.6) is 0 Å². The van der Waals surface area contributed by atoms with Crippen molar-refractivity contribution < 1.29 is 9.53 Å².